The molecule has 98 valence electrons. The van der Waals surface area contributed by atoms with Gasteiger partial charge in [0.2, 0.25) is 5.91 Å². The van der Waals surface area contributed by atoms with Crippen molar-refractivity contribution in [2.24, 2.45) is 0 Å². The molecule has 0 heterocycles. The molecule has 0 aromatic heterocycles. The maximum Gasteiger partial charge on any atom is 0.337 e. The minimum absolute atomic E-state index is 0.0816. The van der Waals surface area contributed by atoms with E-state index in [1.54, 1.807) is 32.0 Å². The van der Waals surface area contributed by atoms with Crippen LogP contribution in [0.3, 0.4) is 0 Å². The Morgan fingerprint density at radius 1 is 1.28 bits per heavy atom. The van der Waals surface area contributed by atoms with E-state index in [1.807, 2.05) is 6.92 Å². The summed E-state index contributed by atoms with van der Waals surface area (Å²) in [6, 6.07) is 6.33. The van der Waals surface area contributed by atoms with Crippen molar-refractivity contribution in [1.82, 2.24) is 5.32 Å². The Labute approximate surface area is 106 Å². The Morgan fingerprint density at radius 2 is 1.89 bits per heavy atom. The van der Waals surface area contributed by atoms with Crippen LogP contribution in [0.1, 0.15) is 31.1 Å². The van der Waals surface area contributed by atoms with Crippen molar-refractivity contribution in [2.45, 2.75) is 26.3 Å². The van der Waals surface area contributed by atoms with Crippen molar-refractivity contribution >= 4 is 17.6 Å². The van der Waals surface area contributed by atoms with Crippen LogP contribution in [0, 0.1) is 0 Å². The highest BCUT2D eigenvalue weighted by molar-refractivity contribution is 6.03. The summed E-state index contributed by atoms with van der Waals surface area (Å²) in [5.41, 5.74) is -0.362. The number of carbonyl (C=O) groups is 2. The van der Waals surface area contributed by atoms with E-state index >= 15 is 0 Å². The van der Waals surface area contributed by atoms with Crippen molar-refractivity contribution < 1.29 is 14.7 Å². The first kappa shape index (κ1) is 14.2. The standard InChI is InChI=1S/C13H18N2O3/c1-4-14-13(2,3)12(18)15-10-8-6-5-7-9(10)11(16)17/h5-8,14H,4H2,1-3H3,(H,15,18)(H,16,17). The molecule has 0 unspecified atom stereocenters. The third kappa shape index (κ3) is 3.30. The van der Waals surface area contributed by atoms with E-state index in [2.05, 4.69) is 10.6 Å². The number of aromatic carboxylic acids is 1. The zero-order chi connectivity index (χ0) is 13.8. The van der Waals surface area contributed by atoms with E-state index < -0.39 is 11.5 Å². The van der Waals surface area contributed by atoms with Gasteiger partial charge in [-0.15, -0.1) is 0 Å². The molecule has 5 heteroatoms. The number of hydrogen-bond acceptors (Lipinski definition) is 3. The summed E-state index contributed by atoms with van der Waals surface area (Å²) in [5.74, 6) is -1.33. The van der Waals surface area contributed by atoms with Crippen LogP contribution >= 0.6 is 0 Å². The number of hydrogen-bond donors (Lipinski definition) is 3. The molecule has 0 saturated carbocycles. The molecule has 0 saturated heterocycles. The van der Waals surface area contributed by atoms with Crippen LogP contribution in [0.2, 0.25) is 0 Å². The van der Waals surface area contributed by atoms with Gasteiger partial charge in [0.05, 0.1) is 16.8 Å². The molecule has 0 atom stereocenters. The highest BCUT2D eigenvalue weighted by atomic mass is 16.4. The van der Waals surface area contributed by atoms with E-state index in [-0.39, 0.29) is 11.5 Å². The molecule has 18 heavy (non-hydrogen) atoms. The zero-order valence-electron chi connectivity index (χ0n) is 10.8. The van der Waals surface area contributed by atoms with Crippen LogP contribution in [0.25, 0.3) is 0 Å². The summed E-state index contributed by atoms with van der Waals surface area (Å²) in [4.78, 5) is 23.0. The van der Waals surface area contributed by atoms with Gasteiger partial charge in [-0.3, -0.25) is 4.79 Å². The summed E-state index contributed by atoms with van der Waals surface area (Å²) in [6.07, 6.45) is 0. The van der Waals surface area contributed by atoms with Crippen molar-refractivity contribution in [3.05, 3.63) is 29.8 Å². The van der Waals surface area contributed by atoms with E-state index in [0.717, 1.165) is 0 Å². The molecule has 1 aromatic carbocycles. The molecule has 0 aliphatic rings. The van der Waals surface area contributed by atoms with Gasteiger partial charge in [-0.1, -0.05) is 19.1 Å². The van der Waals surface area contributed by atoms with Crippen molar-refractivity contribution in [3.63, 3.8) is 0 Å². The van der Waals surface area contributed by atoms with E-state index in [4.69, 9.17) is 5.11 Å². The number of carboxylic acids is 1. The lowest BCUT2D eigenvalue weighted by atomic mass is 10.0. The highest BCUT2D eigenvalue weighted by Crippen LogP contribution is 2.16. The topological polar surface area (TPSA) is 78.4 Å². The van der Waals surface area contributed by atoms with Gasteiger partial charge in [-0.25, -0.2) is 4.79 Å². The smallest absolute Gasteiger partial charge is 0.337 e. The number of amides is 1. The number of carboxylic acid groups (broad SMARTS) is 1. The molecule has 1 rings (SSSR count). The van der Waals surface area contributed by atoms with Gasteiger partial charge in [0.15, 0.2) is 0 Å². The summed E-state index contributed by atoms with van der Waals surface area (Å²) < 4.78 is 0. The predicted octanol–water partition coefficient (Wildman–Crippen LogP) is 1.71. The van der Waals surface area contributed by atoms with Gasteiger partial charge >= 0.3 is 5.97 Å². The van der Waals surface area contributed by atoms with Gasteiger partial charge in [0.25, 0.3) is 0 Å². The van der Waals surface area contributed by atoms with Gasteiger partial charge in [-0.05, 0) is 32.5 Å². The molecule has 0 radical (unpaired) electrons. The monoisotopic (exact) mass is 250 g/mol. The predicted molar refractivity (Wildman–Crippen MR) is 69.8 cm³/mol. The first-order chi connectivity index (χ1) is 8.38. The molecule has 3 N–H and O–H groups in total. The lowest BCUT2D eigenvalue weighted by Crippen LogP contribution is -2.49. The Bertz CT molecular complexity index is 455. The molecular formula is C13H18N2O3. The average molecular weight is 250 g/mol. The summed E-state index contributed by atoms with van der Waals surface area (Å²) in [5, 5.41) is 14.7. The molecule has 0 aliphatic carbocycles. The van der Waals surface area contributed by atoms with Crippen LogP contribution in [0.5, 0.6) is 0 Å². The number of benzene rings is 1. The third-order valence-corrected chi connectivity index (χ3v) is 2.59. The number of rotatable bonds is 5. The van der Waals surface area contributed by atoms with Crippen LogP contribution in [-0.4, -0.2) is 29.1 Å². The second-order valence-corrected chi connectivity index (χ2v) is 4.46. The minimum atomic E-state index is -1.06. The molecule has 0 fully saturated rings. The van der Waals surface area contributed by atoms with E-state index in [1.165, 1.54) is 6.07 Å². The zero-order valence-corrected chi connectivity index (χ0v) is 10.8. The maximum absolute atomic E-state index is 12.0. The molecule has 5 nitrogen and oxygen atoms in total. The molecular weight excluding hydrogens is 232 g/mol. The fraction of sp³-hybridized carbons (Fsp3) is 0.385. The average Bonchev–Trinajstić information content (AvgIpc) is 2.29. The quantitative estimate of drug-likeness (QED) is 0.743. The van der Waals surface area contributed by atoms with Crippen LogP contribution in [0.15, 0.2) is 24.3 Å². The van der Waals surface area contributed by atoms with Gasteiger partial charge in [0.1, 0.15) is 0 Å². The second kappa shape index (κ2) is 5.64. The van der Waals surface area contributed by atoms with Crippen molar-refractivity contribution in [1.29, 1.82) is 0 Å². The Balaban J connectivity index is 2.92. The van der Waals surface area contributed by atoms with E-state index in [9.17, 15) is 9.59 Å². The van der Waals surface area contributed by atoms with Crippen LogP contribution in [0.4, 0.5) is 5.69 Å². The SMILES string of the molecule is CCNC(C)(C)C(=O)Nc1ccccc1C(=O)O. The first-order valence-corrected chi connectivity index (χ1v) is 5.77. The number of anilines is 1. The lowest BCUT2D eigenvalue weighted by Gasteiger charge is -2.24. The largest absolute Gasteiger partial charge is 0.478 e. The minimum Gasteiger partial charge on any atom is -0.478 e. The third-order valence-electron chi connectivity index (χ3n) is 2.59. The summed E-state index contributed by atoms with van der Waals surface area (Å²) in [6.45, 7) is 6.05. The fourth-order valence-corrected chi connectivity index (χ4v) is 1.58. The summed E-state index contributed by atoms with van der Waals surface area (Å²) >= 11 is 0. The lowest BCUT2D eigenvalue weighted by molar-refractivity contribution is -0.121. The maximum atomic E-state index is 12.0. The normalized spacial score (nSPS) is 11.1. The Kier molecular flexibility index (Phi) is 4.44. The molecule has 0 bridgehead atoms. The molecule has 0 spiro atoms. The molecule has 1 amide bonds. The number of carbonyl (C=O) groups excluding carboxylic acids is 1. The number of likely N-dealkylation sites (N-methyl/N-ethyl adjacent to an activating group) is 1. The van der Waals surface area contributed by atoms with Gasteiger partial charge in [0, 0.05) is 0 Å². The molecule has 1 aromatic rings. The first-order valence-electron chi connectivity index (χ1n) is 5.77. The van der Waals surface area contributed by atoms with Gasteiger partial charge in [-0.2, -0.15) is 0 Å². The van der Waals surface area contributed by atoms with Gasteiger partial charge < -0.3 is 15.7 Å². The van der Waals surface area contributed by atoms with Crippen LogP contribution < -0.4 is 10.6 Å². The Hall–Kier alpha value is -1.88. The number of para-hydroxylation sites is 1. The Morgan fingerprint density at radius 3 is 2.44 bits per heavy atom. The molecule has 0 aliphatic heterocycles. The van der Waals surface area contributed by atoms with Crippen molar-refractivity contribution in [3.8, 4) is 0 Å². The second-order valence-electron chi connectivity index (χ2n) is 4.46. The highest BCUT2D eigenvalue weighted by Gasteiger charge is 2.27. The van der Waals surface area contributed by atoms with Crippen molar-refractivity contribution in [2.75, 3.05) is 11.9 Å². The summed E-state index contributed by atoms with van der Waals surface area (Å²) in [7, 11) is 0. The number of nitrogens with one attached hydrogen (secondary N) is 2. The van der Waals surface area contributed by atoms with Crippen LogP contribution in [-0.2, 0) is 4.79 Å². The fourth-order valence-electron chi connectivity index (χ4n) is 1.58. The van der Waals surface area contributed by atoms with E-state index in [0.29, 0.717) is 12.2 Å².